The van der Waals surface area contributed by atoms with Crippen LogP contribution in [0.1, 0.15) is 287 Å². The van der Waals surface area contributed by atoms with Crippen molar-refractivity contribution >= 4 is 0 Å². The number of pyridine rings is 9. The monoisotopic (exact) mass is 1380 g/mol. The average Bonchev–Trinajstić information content (AvgIpc) is 0.818. The summed E-state index contributed by atoms with van der Waals surface area (Å²) in [6.45, 7) is 50.9. The van der Waals surface area contributed by atoms with Gasteiger partial charge in [0.2, 0.25) is 5.88 Å². The molecule has 19 heteroatoms. The Hall–Kier alpha value is -9.52. The summed E-state index contributed by atoms with van der Waals surface area (Å²) < 4.78 is 58.0. The number of hydrogen-bond acceptors (Lipinski definition) is 14. The highest BCUT2D eigenvalue weighted by molar-refractivity contribution is 5.35. The van der Waals surface area contributed by atoms with E-state index in [1.807, 2.05) is 171 Å². The van der Waals surface area contributed by atoms with Crippen LogP contribution in [0.15, 0.2) is 123 Å². The van der Waals surface area contributed by atoms with Crippen molar-refractivity contribution in [2.24, 2.45) is 0 Å². The molecule has 0 aromatic carbocycles. The first kappa shape index (κ1) is 77.8. The van der Waals surface area contributed by atoms with Crippen LogP contribution in [-0.4, -0.2) is 70.4 Å². The second-order valence-corrected chi connectivity index (χ2v) is 27.1. The first-order valence-corrected chi connectivity index (χ1v) is 33.7. The highest BCUT2D eigenvalue weighted by atomic mass is 19.1. The fourth-order valence-electron chi connectivity index (χ4n) is 8.77. The molecule has 0 radical (unpaired) electrons. The van der Waals surface area contributed by atoms with Gasteiger partial charge in [0, 0.05) is 117 Å². The second-order valence-electron chi connectivity index (χ2n) is 27.1. The van der Waals surface area contributed by atoms with Crippen LogP contribution in [0.2, 0.25) is 0 Å². The lowest BCUT2D eigenvalue weighted by molar-refractivity contribution is 0.441. The van der Waals surface area contributed by atoms with Crippen molar-refractivity contribution in [2.75, 3.05) is 0 Å². The van der Waals surface area contributed by atoms with Crippen LogP contribution in [0.5, 0.6) is 28.9 Å². The van der Waals surface area contributed by atoms with Crippen LogP contribution >= 0.6 is 0 Å². The van der Waals surface area contributed by atoms with Gasteiger partial charge in [0.25, 0.3) is 11.1 Å². The zero-order valence-corrected chi connectivity index (χ0v) is 64.0. The van der Waals surface area contributed by atoms with Crippen LogP contribution in [0.25, 0.3) is 0 Å². The fraction of sp³-hybridized carbons (Fsp3) is 0.444. The van der Waals surface area contributed by atoms with Crippen LogP contribution in [0.3, 0.4) is 0 Å². The molecule has 9 rings (SSSR count). The minimum Gasteiger partial charge on any atom is -0.508 e. The van der Waals surface area contributed by atoms with Crippen molar-refractivity contribution in [3.05, 3.63) is 252 Å². The molecule has 0 saturated carbocycles. The van der Waals surface area contributed by atoms with E-state index in [4.69, 9.17) is 8.22 Å². The van der Waals surface area contributed by atoms with Crippen LogP contribution in [-0.2, 0) is 0 Å². The number of hydrogen-bond donors (Lipinski definition) is 9. The first-order chi connectivity index (χ1) is 48.9. The van der Waals surface area contributed by atoms with E-state index in [9.17, 15) is 49.1 Å². The van der Waals surface area contributed by atoms with Gasteiger partial charge in [-0.15, -0.1) is 0 Å². The summed E-state index contributed by atoms with van der Waals surface area (Å²) in [5.74, 6) is 1.57. The predicted molar refractivity (Wildman–Crippen MR) is 407 cm³/mol. The molecule has 100 heavy (non-hydrogen) atoms. The van der Waals surface area contributed by atoms with Gasteiger partial charge in [-0.25, -0.2) is 9.37 Å². The lowest BCUT2D eigenvalue weighted by Gasteiger charge is -2.06. The van der Waals surface area contributed by atoms with Crippen LogP contribution < -0.4 is 22.0 Å². The Morgan fingerprint density at radius 2 is 0.810 bits per heavy atom. The summed E-state index contributed by atoms with van der Waals surface area (Å²) in [6.07, 6.45) is 7.28. The number of nitrogens with zero attached hydrogens (tertiary/aromatic N) is 5. The van der Waals surface area contributed by atoms with E-state index in [0.29, 0.717) is 74.3 Å². The lowest BCUT2D eigenvalue weighted by atomic mass is 10.0. The minimum absolute atomic E-state index is 0.0173. The van der Waals surface area contributed by atoms with E-state index in [0.717, 1.165) is 56.3 Å². The highest BCUT2D eigenvalue weighted by Gasteiger charge is 2.12. The number of halogens is 1. The number of nitrogens with one attached hydrogen (secondary N) is 4. The van der Waals surface area contributed by atoms with E-state index in [1.54, 1.807) is 76.7 Å². The molecule has 0 aliphatic carbocycles. The number of H-pyrrole nitrogens is 4. The van der Waals surface area contributed by atoms with Crippen molar-refractivity contribution in [2.45, 2.75) is 240 Å². The van der Waals surface area contributed by atoms with E-state index in [-0.39, 0.29) is 117 Å². The second kappa shape index (κ2) is 43.1. The van der Waals surface area contributed by atoms with Crippen molar-refractivity contribution < 1.29 is 38.1 Å². The Labute approximate surface area is 601 Å². The van der Waals surface area contributed by atoms with Crippen molar-refractivity contribution in [1.29, 1.82) is 0 Å². The van der Waals surface area contributed by atoms with Gasteiger partial charge in [-0.1, -0.05) is 137 Å². The fourth-order valence-corrected chi connectivity index (χ4v) is 8.77. The summed E-state index contributed by atoms with van der Waals surface area (Å²) in [4.78, 5) is 76.1. The van der Waals surface area contributed by atoms with Gasteiger partial charge in [-0.2, -0.15) is 0 Å². The van der Waals surface area contributed by atoms with Gasteiger partial charge in [-0.05, 0) is 169 Å². The number of aryl methyl sites for hydroxylation is 8. The summed E-state index contributed by atoms with van der Waals surface area (Å²) >= 11 is 0. The molecule has 0 atom stereocenters. The van der Waals surface area contributed by atoms with Gasteiger partial charge < -0.3 is 45.5 Å². The van der Waals surface area contributed by atoms with E-state index < -0.39 is 0 Å². The average molecular weight is 1380 g/mol. The molecule has 18 nitrogen and oxygen atoms in total. The molecule has 0 fully saturated rings. The predicted octanol–water partition coefficient (Wildman–Crippen LogP) is 18.5. The van der Waals surface area contributed by atoms with Crippen molar-refractivity contribution in [1.82, 2.24) is 44.9 Å². The summed E-state index contributed by atoms with van der Waals surface area (Å²) in [5, 5.41) is 47.4. The third kappa shape index (κ3) is 31.6. The highest BCUT2D eigenvalue weighted by Crippen LogP contribution is 2.27. The number of aromatic amines is 4. The molecule has 0 aliphatic heterocycles. The maximum absolute atomic E-state index is 12.9. The molecule has 0 aliphatic rings. The Balaban J connectivity index is 0.000000597. The molecule has 0 saturated heterocycles. The Kier molecular flexibility index (Phi) is 33.5. The first-order valence-electron chi connectivity index (χ1n) is 36.7. The van der Waals surface area contributed by atoms with E-state index in [1.165, 1.54) is 6.07 Å². The molecular weight excluding hydrogens is 1260 g/mol. The summed E-state index contributed by atoms with van der Waals surface area (Å²) in [7, 11) is 0. The van der Waals surface area contributed by atoms with Crippen molar-refractivity contribution in [3.63, 3.8) is 0 Å². The molecule has 0 unspecified atom stereocenters. The van der Waals surface area contributed by atoms with Gasteiger partial charge in [0.15, 0.2) is 10.9 Å². The maximum Gasteiger partial charge on any atom is 0.251 e. The SMILES string of the molecule is Cc1[nH]c(=O)c(C(C)C)cc1F.Cc1cc(=O)c(C(C)C)c[nH]1.Cc1cc(=O)c(C(C)C)c[nH]1.Cc1ccc(C(C)C)c(=O)[nH]1.Cc1cnc(C(C)C)c(O)c1.Cc1cnc(C(C)C)c(O)c1.[2H]c1c(C)nc(O)c(C(C)C)c1[2H].[2H]c1nc(C(C)C)c(O)c([2H])c1C.[2H]c1nc(C)c([2H])c(O)c1C(C)C. The minimum atomic E-state index is -0.349. The van der Waals surface area contributed by atoms with Gasteiger partial charge in [0.05, 0.1) is 31.0 Å². The standard InChI is InChI=1S/C9H12FNO.8C9H13NO/c1-5(2)7-4-8(10)6(3)11-9(7)12;3*1-6(2)8-5-10-7(3)4-9(8)11;3*1-6(2)9-8(11)4-7(3)5-10-9;2*1-6(2)8-5-4-7(3)10-9(8)11/h4-5H,1-3H3,(H,11,12);3*4-6H,1-3H3,(H,10,11);3*4-6,11H,1-3H3;2*4-6H,1-3H3,(H,10,11)/i;4D,5D;;;4D,5D;;;4D,5D;. The maximum atomic E-state index is 12.9. The smallest absolute Gasteiger partial charge is 0.251 e. The molecule has 0 amide bonds. The van der Waals surface area contributed by atoms with Crippen LogP contribution in [0.4, 0.5) is 4.39 Å². The largest absolute Gasteiger partial charge is 0.508 e. The molecule has 0 bridgehead atoms. The quantitative estimate of drug-likeness (QED) is 0.0649. The lowest BCUT2D eigenvalue weighted by Crippen LogP contribution is -2.15. The third-order valence-electron chi connectivity index (χ3n) is 14.5. The Bertz CT molecular complexity index is 4310. The zero-order valence-electron chi connectivity index (χ0n) is 70.0. The Morgan fingerprint density at radius 1 is 0.390 bits per heavy atom. The van der Waals surface area contributed by atoms with Gasteiger partial charge in [-0.3, -0.25) is 39.1 Å². The molecule has 546 valence electrons. The van der Waals surface area contributed by atoms with Crippen LogP contribution in [0, 0.1) is 68.1 Å². The van der Waals surface area contributed by atoms with Gasteiger partial charge in [0.1, 0.15) is 28.8 Å². The Morgan fingerprint density at radius 3 is 1.20 bits per heavy atom. The normalized spacial score (nSPS) is 11.4. The van der Waals surface area contributed by atoms with Crippen molar-refractivity contribution in [3.8, 4) is 28.9 Å². The summed E-state index contributed by atoms with van der Waals surface area (Å²) in [5.41, 5.74) is 12.3. The van der Waals surface area contributed by atoms with E-state index in [2.05, 4.69) is 44.9 Å². The topological polar surface area (TPSA) is 297 Å². The van der Waals surface area contributed by atoms with E-state index >= 15 is 0 Å². The molecule has 9 N–H and O–H groups in total. The molecule has 9 heterocycles. The molecule has 9 aromatic heterocycles. The van der Waals surface area contributed by atoms with Gasteiger partial charge >= 0.3 is 0 Å². The summed E-state index contributed by atoms with van der Waals surface area (Å²) in [6, 6.07) is 12.1. The molecule has 9 aromatic rings. The molecular formula is C81H116FN9O9. The zero-order chi connectivity index (χ0) is 82.0. The molecule has 0 spiro atoms. The third-order valence-corrected chi connectivity index (χ3v) is 14.5. The number of aromatic hydroxyl groups is 5. The number of rotatable bonds is 9. The number of aromatic nitrogens is 9.